The smallest absolute Gasteiger partial charge is 0.231 e. The molecule has 0 atom stereocenters. The van der Waals surface area contributed by atoms with Crippen LogP contribution in [-0.4, -0.2) is 29.4 Å². The summed E-state index contributed by atoms with van der Waals surface area (Å²) in [6.45, 7) is 6.87. The highest BCUT2D eigenvalue weighted by Crippen LogP contribution is 2.27. The Morgan fingerprint density at radius 1 is 1.26 bits per heavy atom. The van der Waals surface area contributed by atoms with Gasteiger partial charge < -0.3 is 0 Å². The average Bonchev–Trinajstić information content (AvgIpc) is 2.71. The van der Waals surface area contributed by atoms with Crippen LogP contribution in [0.3, 0.4) is 0 Å². The van der Waals surface area contributed by atoms with Gasteiger partial charge >= 0.3 is 0 Å². The van der Waals surface area contributed by atoms with E-state index >= 15 is 0 Å². The molecule has 122 valence electrons. The number of fused-ring (bicyclic) bond motifs is 2. The van der Waals surface area contributed by atoms with Crippen LogP contribution in [0.1, 0.15) is 19.4 Å². The zero-order chi connectivity index (χ0) is 16.8. The van der Waals surface area contributed by atoms with Crippen molar-refractivity contribution >= 4 is 37.8 Å². The standard InChI is InChI=1S/C16H20N4O2S/c1-10(2)9-20-16-13(15(18-20)19-23(4,21)22)8-12-6-5-11(3)7-14(12)17-16/h5-8,10H,9H2,1-4H3,(H,18,19). The molecule has 7 heteroatoms. The molecule has 6 nitrogen and oxygen atoms in total. The van der Waals surface area contributed by atoms with Gasteiger partial charge in [0.05, 0.1) is 17.2 Å². The quantitative estimate of drug-likeness (QED) is 0.797. The molecule has 3 aromatic rings. The van der Waals surface area contributed by atoms with Gasteiger partial charge in [-0.25, -0.2) is 18.1 Å². The number of nitrogens with zero attached hydrogens (tertiary/aromatic N) is 3. The predicted octanol–water partition coefficient (Wildman–Crippen LogP) is 2.92. The molecule has 0 radical (unpaired) electrons. The Kier molecular flexibility index (Phi) is 3.75. The van der Waals surface area contributed by atoms with E-state index in [0.717, 1.165) is 22.7 Å². The van der Waals surface area contributed by atoms with Crippen molar-refractivity contribution in [2.75, 3.05) is 11.0 Å². The van der Waals surface area contributed by atoms with Crippen LogP contribution < -0.4 is 4.72 Å². The van der Waals surface area contributed by atoms with Gasteiger partial charge in [0.2, 0.25) is 10.0 Å². The second-order valence-electron chi connectivity index (χ2n) is 6.35. The first-order chi connectivity index (χ1) is 10.7. The molecule has 0 aliphatic heterocycles. The molecule has 0 aliphatic carbocycles. The topological polar surface area (TPSA) is 76.9 Å². The van der Waals surface area contributed by atoms with E-state index < -0.39 is 10.0 Å². The Bertz CT molecular complexity index is 990. The second kappa shape index (κ2) is 5.49. The number of sulfonamides is 1. The number of aromatic nitrogens is 3. The average molecular weight is 332 g/mol. The number of rotatable bonds is 4. The largest absolute Gasteiger partial charge is 0.266 e. The summed E-state index contributed by atoms with van der Waals surface area (Å²) in [4.78, 5) is 4.71. The first-order valence-corrected chi connectivity index (χ1v) is 9.38. The molecule has 0 unspecified atom stereocenters. The van der Waals surface area contributed by atoms with E-state index in [0.29, 0.717) is 29.3 Å². The molecular formula is C16H20N4O2S. The number of nitrogens with one attached hydrogen (secondary N) is 1. The zero-order valence-electron chi connectivity index (χ0n) is 13.7. The summed E-state index contributed by atoms with van der Waals surface area (Å²) in [6.07, 6.45) is 1.12. The number of hydrogen-bond acceptors (Lipinski definition) is 4. The molecule has 0 aliphatic rings. The zero-order valence-corrected chi connectivity index (χ0v) is 14.5. The molecule has 1 N–H and O–H groups in total. The van der Waals surface area contributed by atoms with Gasteiger partial charge in [-0.1, -0.05) is 26.0 Å². The van der Waals surface area contributed by atoms with Gasteiger partial charge in [0.15, 0.2) is 11.5 Å². The molecule has 0 spiro atoms. The van der Waals surface area contributed by atoms with Crippen molar-refractivity contribution in [3.63, 3.8) is 0 Å². The van der Waals surface area contributed by atoms with Crippen LogP contribution in [0, 0.1) is 12.8 Å². The maximum Gasteiger partial charge on any atom is 0.231 e. The van der Waals surface area contributed by atoms with Gasteiger partial charge in [-0.3, -0.25) is 4.72 Å². The second-order valence-corrected chi connectivity index (χ2v) is 8.10. The van der Waals surface area contributed by atoms with E-state index in [9.17, 15) is 8.42 Å². The minimum absolute atomic E-state index is 0.332. The fourth-order valence-electron chi connectivity index (χ4n) is 2.58. The van der Waals surface area contributed by atoms with Gasteiger partial charge in [-0.05, 0) is 30.5 Å². The lowest BCUT2D eigenvalue weighted by Gasteiger charge is -2.06. The summed E-state index contributed by atoms with van der Waals surface area (Å²) in [6, 6.07) is 7.96. The van der Waals surface area contributed by atoms with Gasteiger partial charge in [-0.15, -0.1) is 0 Å². The number of pyridine rings is 1. The van der Waals surface area contributed by atoms with E-state index in [-0.39, 0.29) is 0 Å². The molecule has 2 heterocycles. The molecule has 23 heavy (non-hydrogen) atoms. The summed E-state index contributed by atoms with van der Waals surface area (Å²) in [5.74, 6) is 0.706. The predicted molar refractivity (Wildman–Crippen MR) is 93.1 cm³/mol. The van der Waals surface area contributed by atoms with E-state index in [1.807, 2.05) is 31.2 Å². The van der Waals surface area contributed by atoms with E-state index in [4.69, 9.17) is 4.98 Å². The van der Waals surface area contributed by atoms with Crippen LogP contribution >= 0.6 is 0 Å². The fraction of sp³-hybridized carbons (Fsp3) is 0.375. The van der Waals surface area contributed by atoms with E-state index in [1.165, 1.54) is 0 Å². The van der Waals surface area contributed by atoms with Crippen molar-refractivity contribution in [2.24, 2.45) is 5.92 Å². The summed E-state index contributed by atoms with van der Waals surface area (Å²) in [5, 5.41) is 6.10. The number of benzene rings is 1. The first kappa shape index (κ1) is 15.7. The lowest BCUT2D eigenvalue weighted by molar-refractivity contribution is 0.494. The van der Waals surface area contributed by atoms with Gasteiger partial charge in [0.1, 0.15) is 0 Å². The Morgan fingerprint density at radius 3 is 2.65 bits per heavy atom. The van der Waals surface area contributed by atoms with Crippen LogP contribution in [0.2, 0.25) is 0 Å². The minimum Gasteiger partial charge on any atom is -0.266 e. The van der Waals surface area contributed by atoms with Crippen molar-refractivity contribution in [3.05, 3.63) is 29.8 Å². The number of aryl methyl sites for hydroxylation is 1. The Balaban J connectivity index is 2.29. The van der Waals surface area contributed by atoms with E-state index in [1.54, 1.807) is 4.68 Å². The summed E-state index contributed by atoms with van der Waals surface area (Å²) in [7, 11) is -3.40. The van der Waals surface area contributed by atoms with Gasteiger partial charge in [0, 0.05) is 11.9 Å². The maximum atomic E-state index is 11.6. The third kappa shape index (κ3) is 3.29. The molecule has 2 aromatic heterocycles. The molecular weight excluding hydrogens is 312 g/mol. The van der Waals surface area contributed by atoms with Crippen LogP contribution in [0.4, 0.5) is 5.82 Å². The number of hydrogen-bond donors (Lipinski definition) is 1. The Morgan fingerprint density at radius 2 is 2.00 bits per heavy atom. The van der Waals surface area contributed by atoms with Crippen molar-refractivity contribution < 1.29 is 8.42 Å². The summed E-state index contributed by atoms with van der Waals surface area (Å²) in [5.41, 5.74) is 2.71. The van der Waals surface area contributed by atoms with E-state index in [2.05, 4.69) is 23.7 Å². The van der Waals surface area contributed by atoms with Crippen molar-refractivity contribution in [2.45, 2.75) is 27.3 Å². The first-order valence-electron chi connectivity index (χ1n) is 7.48. The SMILES string of the molecule is Cc1ccc2cc3c(NS(C)(=O)=O)nn(CC(C)C)c3nc2c1. The molecule has 0 saturated carbocycles. The lowest BCUT2D eigenvalue weighted by atomic mass is 10.1. The molecule has 3 rings (SSSR count). The Labute approximate surface area is 135 Å². The summed E-state index contributed by atoms with van der Waals surface area (Å²) < 4.78 is 27.5. The molecule has 1 aromatic carbocycles. The van der Waals surface area contributed by atoms with Crippen LogP contribution in [-0.2, 0) is 16.6 Å². The van der Waals surface area contributed by atoms with Crippen LogP contribution in [0.25, 0.3) is 21.9 Å². The van der Waals surface area contributed by atoms with Crippen LogP contribution in [0.15, 0.2) is 24.3 Å². The fourth-order valence-corrected chi connectivity index (χ4v) is 3.09. The highest BCUT2D eigenvalue weighted by Gasteiger charge is 2.16. The highest BCUT2D eigenvalue weighted by molar-refractivity contribution is 7.92. The van der Waals surface area contributed by atoms with Crippen molar-refractivity contribution in [1.82, 2.24) is 14.8 Å². The molecule has 0 bridgehead atoms. The minimum atomic E-state index is -3.40. The molecule has 0 amide bonds. The lowest BCUT2D eigenvalue weighted by Crippen LogP contribution is -2.11. The third-order valence-corrected chi connectivity index (χ3v) is 4.06. The van der Waals surface area contributed by atoms with Crippen molar-refractivity contribution in [3.8, 4) is 0 Å². The van der Waals surface area contributed by atoms with Gasteiger partial charge in [-0.2, -0.15) is 5.10 Å². The normalized spacial score (nSPS) is 12.4. The summed E-state index contributed by atoms with van der Waals surface area (Å²) >= 11 is 0. The molecule has 0 fully saturated rings. The maximum absolute atomic E-state index is 11.6. The monoisotopic (exact) mass is 332 g/mol. The third-order valence-electron chi connectivity index (χ3n) is 3.49. The Hall–Kier alpha value is -2.15. The van der Waals surface area contributed by atoms with Crippen LogP contribution in [0.5, 0.6) is 0 Å². The highest BCUT2D eigenvalue weighted by atomic mass is 32.2. The number of anilines is 1. The molecule has 0 saturated heterocycles. The van der Waals surface area contributed by atoms with Crippen molar-refractivity contribution in [1.29, 1.82) is 0 Å². The van der Waals surface area contributed by atoms with Gasteiger partial charge in [0.25, 0.3) is 0 Å².